The Morgan fingerprint density at radius 3 is 3.05 bits per heavy atom. The second kappa shape index (κ2) is 5.04. The highest BCUT2D eigenvalue weighted by molar-refractivity contribution is 6.30. The number of aliphatic hydroxyl groups is 1. The lowest BCUT2D eigenvalue weighted by molar-refractivity contribution is -0.0354. The van der Waals surface area contributed by atoms with E-state index in [1.165, 1.54) is 18.9 Å². The molecule has 1 aromatic rings. The molecule has 0 bridgehead atoms. The first-order valence-electron chi connectivity index (χ1n) is 6.96. The zero-order valence-corrected chi connectivity index (χ0v) is 11.7. The predicted octanol–water partition coefficient (Wildman–Crippen LogP) is 3.01. The molecule has 0 aliphatic carbocycles. The number of fused-ring (bicyclic) bond motifs is 1. The topological polar surface area (TPSA) is 23.5 Å². The summed E-state index contributed by atoms with van der Waals surface area (Å²) in [7, 11) is 0. The van der Waals surface area contributed by atoms with E-state index in [2.05, 4.69) is 4.90 Å². The molecule has 3 rings (SSSR count). The standard InChI is InChI=1S/C15H19ClFNO/c16-13-4-3-11(8-14(13)17)9-15(19)5-7-18-6-1-2-12(18)10-15/h3-4,8,12,19H,1-2,5-7,9-10H2. The number of nitrogens with zero attached hydrogens (tertiary/aromatic N) is 1. The van der Waals surface area contributed by atoms with Crippen LogP contribution in [0.1, 0.15) is 31.2 Å². The Hall–Kier alpha value is -0.640. The number of piperidine rings is 1. The van der Waals surface area contributed by atoms with Crippen molar-refractivity contribution in [2.75, 3.05) is 13.1 Å². The van der Waals surface area contributed by atoms with Crippen LogP contribution in [0.4, 0.5) is 4.39 Å². The molecule has 1 N–H and O–H groups in total. The van der Waals surface area contributed by atoms with E-state index in [1.54, 1.807) is 6.07 Å². The normalized spacial score (nSPS) is 31.4. The summed E-state index contributed by atoms with van der Waals surface area (Å²) in [5.74, 6) is -0.402. The van der Waals surface area contributed by atoms with Gasteiger partial charge in [-0.1, -0.05) is 17.7 Å². The van der Waals surface area contributed by atoms with E-state index >= 15 is 0 Å². The maximum atomic E-state index is 13.5. The van der Waals surface area contributed by atoms with Crippen LogP contribution in [-0.4, -0.2) is 34.7 Å². The van der Waals surface area contributed by atoms with E-state index < -0.39 is 11.4 Å². The van der Waals surface area contributed by atoms with Crippen molar-refractivity contribution in [3.63, 3.8) is 0 Å². The molecule has 2 aliphatic rings. The molecule has 2 nitrogen and oxygen atoms in total. The summed E-state index contributed by atoms with van der Waals surface area (Å²) in [6, 6.07) is 5.34. The zero-order valence-electron chi connectivity index (χ0n) is 10.9. The number of hydrogen-bond acceptors (Lipinski definition) is 2. The zero-order chi connectivity index (χ0) is 13.5. The number of benzene rings is 1. The van der Waals surface area contributed by atoms with E-state index in [0.29, 0.717) is 12.5 Å². The largest absolute Gasteiger partial charge is 0.389 e. The van der Waals surface area contributed by atoms with Gasteiger partial charge in [-0.2, -0.15) is 0 Å². The second-order valence-electron chi connectivity index (χ2n) is 5.94. The van der Waals surface area contributed by atoms with Gasteiger partial charge in [-0.25, -0.2) is 4.39 Å². The molecular weight excluding hydrogens is 265 g/mol. The highest BCUT2D eigenvalue weighted by Crippen LogP contribution is 2.35. The minimum atomic E-state index is -0.689. The Kier molecular flexibility index (Phi) is 3.54. The fraction of sp³-hybridized carbons (Fsp3) is 0.600. The number of hydrogen-bond donors (Lipinski definition) is 1. The SMILES string of the molecule is OC1(Cc2ccc(Cl)c(F)c2)CCN2CCCC2C1. The predicted molar refractivity (Wildman–Crippen MR) is 73.9 cm³/mol. The summed E-state index contributed by atoms with van der Waals surface area (Å²) in [5.41, 5.74) is 0.141. The first-order chi connectivity index (χ1) is 9.06. The minimum Gasteiger partial charge on any atom is -0.389 e. The fourth-order valence-electron chi connectivity index (χ4n) is 3.50. The lowest BCUT2D eigenvalue weighted by Crippen LogP contribution is -2.48. The van der Waals surface area contributed by atoms with E-state index in [1.807, 2.05) is 6.07 Å². The van der Waals surface area contributed by atoms with Crippen LogP contribution in [0.15, 0.2) is 18.2 Å². The molecule has 2 aliphatic heterocycles. The summed E-state index contributed by atoms with van der Waals surface area (Å²) in [4.78, 5) is 2.47. The number of halogens is 2. The van der Waals surface area contributed by atoms with Gasteiger partial charge >= 0.3 is 0 Å². The van der Waals surface area contributed by atoms with Gasteiger partial charge in [-0.05, 0) is 49.9 Å². The summed E-state index contributed by atoms with van der Waals surface area (Å²) in [6.45, 7) is 2.12. The molecule has 2 saturated heterocycles. The molecule has 0 spiro atoms. The second-order valence-corrected chi connectivity index (χ2v) is 6.34. The van der Waals surface area contributed by atoms with Crippen molar-refractivity contribution < 1.29 is 9.50 Å². The molecule has 0 amide bonds. The van der Waals surface area contributed by atoms with Crippen LogP contribution in [0.25, 0.3) is 0 Å². The van der Waals surface area contributed by atoms with Gasteiger partial charge in [0.2, 0.25) is 0 Å². The van der Waals surface area contributed by atoms with Gasteiger partial charge in [0.05, 0.1) is 10.6 Å². The Balaban J connectivity index is 1.72. The van der Waals surface area contributed by atoms with E-state index in [9.17, 15) is 9.50 Å². The van der Waals surface area contributed by atoms with E-state index in [0.717, 1.165) is 31.5 Å². The average Bonchev–Trinajstić information content (AvgIpc) is 2.80. The maximum Gasteiger partial charge on any atom is 0.142 e. The van der Waals surface area contributed by atoms with Crippen molar-refractivity contribution in [3.8, 4) is 0 Å². The molecule has 2 atom stereocenters. The molecule has 19 heavy (non-hydrogen) atoms. The minimum absolute atomic E-state index is 0.140. The highest BCUT2D eigenvalue weighted by Gasteiger charge is 2.40. The molecule has 2 heterocycles. The third-order valence-corrected chi connectivity index (χ3v) is 4.80. The monoisotopic (exact) mass is 283 g/mol. The molecule has 104 valence electrons. The van der Waals surface area contributed by atoms with Gasteiger partial charge in [0.25, 0.3) is 0 Å². The van der Waals surface area contributed by atoms with Gasteiger partial charge < -0.3 is 10.0 Å². The van der Waals surface area contributed by atoms with Crippen LogP contribution in [0.2, 0.25) is 5.02 Å². The van der Waals surface area contributed by atoms with Gasteiger partial charge in [-0.3, -0.25) is 0 Å². The van der Waals surface area contributed by atoms with Crippen LogP contribution in [0, 0.1) is 5.82 Å². The lowest BCUT2D eigenvalue weighted by atomic mass is 9.82. The Morgan fingerprint density at radius 2 is 2.26 bits per heavy atom. The van der Waals surface area contributed by atoms with Gasteiger partial charge in [0.15, 0.2) is 0 Å². The molecular formula is C15H19ClFNO. The van der Waals surface area contributed by atoms with Crippen molar-refractivity contribution >= 4 is 11.6 Å². The van der Waals surface area contributed by atoms with E-state index in [4.69, 9.17) is 11.6 Å². The van der Waals surface area contributed by atoms with Gasteiger partial charge in [-0.15, -0.1) is 0 Å². The number of rotatable bonds is 2. The first-order valence-corrected chi connectivity index (χ1v) is 7.34. The highest BCUT2D eigenvalue weighted by atomic mass is 35.5. The van der Waals surface area contributed by atoms with Crippen molar-refractivity contribution in [3.05, 3.63) is 34.6 Å². The third kappa shape index (κ3) is 2.78. The molecule has 0 saturated carbocycles. The fourth-order valence-corrected chi connectivity index (χ4v) is 3.62. The Labute approximate surface area is 118 Å². The lowest BCUT2D eigenvalue weighted by Gasteiger charge is -2.41. The smallest absolute Gasteiger partial charge is 0.142 e. The molecule has 0 radical (unpaired) electrons. The third-order valence-electron chi connectivity index (χ3n) is 4.50. The van der Waals surface area contributed by atoms with Crippen LogP contribution < -0.4 is 0 Å². The molecule has 1 aromatic carbocycles. The average molecular weight is 284 g/mol. The van der Waals surface area contributed by atoms with Gasteiger partial charge in [0.1, 0.15) is 5.82 Å². The molecule has 4 heteroatoms. The van der Waals surface area contributed by atoms with Crippen molar-refractivity contribution in [1.82, 2.24) is 4.90 Å². The summed E-state index contributed by atoms with van der Waals surface area (Å²) >= 11 is 5.69. The van der Waals surface area contributed by atoms with Crippen molar-refractivity contribution in [1.29, 1.82) is 0 Å². The quantitative estimate of drug-likeness (QED) is 0.902. The van der Waals surface area contributed by atoms with Crippen LogP contribution in [0.3, 0.4) is 0 Å². The summed E-state index contributed by atoms with van der Waals surface area (Å²) in [6.07, 6.45) is 4.50. The van der Waals surface area contributed by atoms with Gasteiger partial charge in [0, 0.05) is 19.0 Å². The summed E-state index contributed by atoms with van der Waals surface area (Å²) in [5, 5.41) is 10.9. The Bertz CT molecular complexity index is 481. The molecule has 0 aromatic heterocycles. The maximum absolute atomic E-state index is 13.5. The molecule has 2 unspecified atom stereocenters. The van der Waals surface area contributed by atoms with E-state index in [-0.39, 0.29) is 5.02 Å². The van der Waals surface area contributed by atoms with Crippen molar-refractivity contribution in [2.45, 2.75) is 43.7 Å². The first kappa shape index (κ1) is 13.3. The molecule has 2 fully saturated rings. The van der Waals surface area contributed by atoms with Crippen LogP contribution in [-0.2, 0) is 6.42 Å². The van der Waals surface area contributed by atoms with Crippen LogP contribution in [0.5, 0.6) is 0 Å². The van der Waals surface area contributed by atoms with Crippen LogP contribution >= 0.6 is 11.6 Å². The van der Waals surface area contributed by atoms with Crippen molar-refractivity contribution in [2.24, 2.45) is 0 Å². The summed E-state index contributed by atoms with van der Waals surface area (Å²) < 4.78 is 13.5. The Morgan fingerprint density at radius 1 is 1.42 bits per heavy atom.